The van der Waals surface area contributed by atoms with Gasteiger partial charge in [0, 0.05) is 0 Å². The van der Waals surface area contributed by atoms with E-state index in [1.807, 2.05) is 60.7 Å². The smallest absolute Gasteiger partial charge is 0.425 e. The van der Waals surface area contributed by atoms with Crippen LogP contribution in [0.2, 0.25) is 0 Å². The third kappa shape index (κ3) is 3.45. The van der Waals surface area contributed by atoms with Crippen molar-refractivity contribution in [1.29, 1.82) is 0 Å². The summed E-state index contributed by atoms with van der Waals surface area (Å²) in [6, 6.07) is 18.4. The van der Waals surface area contributed by atoms with Gasteiger partial charge in [-0.1, -0.05) is 60.7 Å². The minimum atomic E-state index is -4.05. The normalized spacial score (nSPS) is 18.5. The molecule has 0 aliphatic carbocycles. The number of hydrogen-bond acceptors (Lipinski definition) is 4. The molecule has 1 N–H and O–H groups in total. The number of carbonyl (C=O) groups excluding carboxylic acids is 1. The van der Waals surface area contributed by atoms with E-state index in [2.05, 4.69) is 4.72 Å². The Morgan fingerprint density at radius 3 is 1.88 bits per heavy atom. The maximum absolute atomic E-state index is 12.8. The maximum Gasteiger partial charge on any atom is 0.425 e. The van der Waals surface area contributed by atoms with Crippen molar-refractivity contribution < 1.29 is 17.9 Å². The zero-order chi connectivity index (χ0) is 19.0. The summed E-state index contributed by atoms with van der Waals surface area (Å²) in [5.74, 6) is 0. The minimum absolute atomic E-state index is 0.0850. The Morgan fingerprint density at radius 2 is 1.46 bits per heavy atom. The summed E-state index contributed by atoms with van der Waals surface area (Å²) < 4.78 is 34.3. The first-order chi connectivity index (χ1) is 12.1. The van der Waals surface area contributed by atoms with Gasteiger partial charge in [-0.25, -0.2) is 4.79 Å². The Morgan fingerprint density at radius 1 is 1.00 bits per heavy atom. The van der Waals surface area contributed by atoms with Gasteiger partial charge in [-0.3, -0.25) is 0 Å². The standard InChI is InChI=1S/C19H22N2O4S/c1-18(2,3)25-17(22)21-14-19(20-26(21,23)24,15-10-6-4-7-11-15)16-12-8-5-9-13-16/h4-13,20H,14H2,1-3H3. The van der Waals surface area contributed by atoms with Crippen molar-refractivity contribution in [3.8, 4) is 0 Å². The Hall–Kier alpha value is -2.38. The van der Waals surface area contributed by atoms with Crippen molar-refractivity contribution in [2.24, 2.45) is 0 Å². The van der Waals surface area contributed by atoms with E-state index in [9.17, 15) is 13.2 Å². The van der Waals surface area contributed by atoms with Crippen LogP contribution in [0, 0.1) is 0 Å². The number of carbonyl (C=O) groups is 1. The van der Waals surface area contributed by atoms with Crippen molar-refractivity contribution in [2.45, 2.75) is 31.9 Å². The van der Waals surface area contributed by atoms with Gasteiger partial charge in [-0.05, 0) is 31.9 Å². The average Bonchev–Trinajstić information content (AvgIpc) is 2.88. The van der Waals surface area contributed by atoms with Crippen molar-refractivity contribution in [2.75, 3.05) is 6.54 Å². The number of nitrogens with one attached hydrogen (secondary N) is 1. The highest BCUT2D eigenvalue weighted by Gasteiger charge is 2.52. The van der Waals surface area contributed by atoms with Crippen LogP contribution in [-0.2, 0) is 20.5 Å². The van der Waals surface area contributed by atoms with Gasteiger partial charge in [0.2, 0.25) is 0 Å². The second-order valence-corrected chi connectivity index (χ2v) is 8.83. The lowest BCUT2D eigenvalue weighted by atomic mass is 9.83. The molecule has 6 nitrogen and oxygen atoms in total. The van der Waals surface area contributed by atoms with Crippen molar-refractivity contribution in [3.63, 3.8) is 0 Å². The Labute approximate surface area is 154 Å². The molecule has 3 rings (SSSR count). The van der Waals surface area contributed by atoms with Gasteiger partial charge in [0.1, 0.15) is 11.1 Å². The third-order valence-electron chi connectivity index (χ3n) is 4.10. The highest BCUT2D eigenvalue weighted by atomic mass is 32.2. The fourth-order valence-corrected chi connectivity index (χ4v) is 4.44. The topological polar surface area (TPSA) is 75.7 Å². The lowest BCUT2D eigenvalue weighted by molar-refractivity contribution is 0.0390. The Balaban J connectivity index is 2.09. The molecule has 26 heavy (non-hydrogen) atoms. The van der Waals surface area contributed by atoms with Crippen molar-refractivity contribution >= 4 is 16.3 Å². The van der Waals surface area contributed by atoms with Crippen LogP contribution in [0.3, 0.4) is 0 Å². The zero-order valence-electron chi connectivity index (χ0n) is 15.0. The van der Waals surface area contributed by atoms with E-state index < -0.39 is 27.4 Å². The molecule has 1 saturated heterocycles. The highest BCUT2D eigenvalue weighted by Crippen LogP contribution is 2.37. The van der Waals surface area contributed by atoms with Crippen LogP contribution in [0.25, 0.3) is 0 Å². The van der Waals surface area contributed by atoms with Crippen LogP contribution in [0.1, 0.15) is 31.9 Å². The summed E-state index contributed by atoms with van der Waals surface area (Å²) in [5.41, 5.74) is -0.364. The Kier molecular flexibility index (Phi) is 4.54. The van der Waals surface area contributed by atoms with Gasteiger partial charge in [0.15, 0.2) is 0 Å². The summed E-state index contributed by atoms with van der Waals surface area (Å²) in [6.07, 6.45) is -0.890. The van der Waals surface area contributed by atoms with Gasteiger partial charge < -0.3 is 4.74 Å². The molecule has 1 fully saturated rings. The fraction of sp³-hybridized carbons (Fsp3) is 0.316. The SMILES string of the molecule is CC(C)(C)OC(=O)N1CC(c2ccccc2)(c2ccccc2)NS1(=O)=O. The first-order valence-electron chi connectivity index (χ1n) is 8.30. The molecule has 0 atom stereocenters. The first-order valence-corrected chi connectivity index (χ1v) is 9.74. The molecule has 7 heteroatoms. The van der Waals surface area contributed by atoms with Crippen LogP contribution in [0.15, 0.2) is 60.7 Å². The molecular weight excluding hydrogens is 352 g/mol. The number of nitrogens with zero attached hydrogens (tertiary/aromatic N) is 1. The van der Waals surface area contributed by atoms with Gasteiger partial charge in [-0.15, -0.1) is 0 Å². The molecule has 2 aromatic carbocycles. The lowest BCUT2D eigenvalue weighted by Crippen LogP contribution is -2.41. The number of amides is 1. The van der Waals surface area contributed by atoms with Gasteiger partial charge in [0.05, 0.1) is 6.54 Å². The van der Waals surface area contributed by atoms with E-state index in [1.165, 1.54) is 0 Å². The fourth-order valence-electron chi connectivity index (χ4n) is 3.00. The van der Waals surface area contributed by atoms with Gasteiger partial charge in [-0.2, -0.15) is 17.4 Å². The van der Waals surface area contributed by atoms with E-state index >= 15 is 0 Å². The first kappa shape index (κ1) is 18.4. The van der Waals surface area contributed by atoms with E-state index in [0.717, 1.165) is 15.4 Å². The molecule has 0 bridgehead atoms. The molecule has 0 spiro atoms. The number of benzene rings is 2. The summed E-state index contributed by atoms with van der Waals surface area (Å²) in [6.45, 7) is 5.01. The van der Waals surface area contributed by atoms with Crippen molar-refractivity contribution in [3.05, 3.63) is 71.8 Å². The second-order valence-electron chi connectivity index (χ2n) is 7.23. The van der Waals surface area contributed by atoms with Gasteiger partial charge >= 0.3 is 16.3 Å². The molecule has 1 amide bonds. The zero-order valence-corrected chi connectivity index (χ0v) is 15.8. The Bertz CT molecular complexity index is 851. The molecule has 138 valence electrons. The molecular formula is C19H22N2O4S. The van der Waals surface area contributed by atoms with Crippen LogP contribution in [-0.4, -0.2) is 31.0 Å². The average molecular weight is 374 g/mol. The molecule has 0 saturated carbocycles. The largest absolute Gasteiger partial charge is 0.443 e. The quantitative estimate of drug-likeness (QED) is 0.877. The van der Waals surface area contributed by atoms with E-state index in [0.29, 0.717) is 0 Å². The summed E-state index contributed by atoms with van der Waals surface area (Å²) in [7, 11) is -4.05. The summed E-state index contributed by atoms with van der Waals surface area (Å²) in [5, 5.41) is 0. The van der Waals surface area contributed by atoms with E-state index in [4.69, 9.17) is 4.74 Å². The predicted octanol–water partition coefficient (Wildman–Crippen LogP) is 3.02. The summed E-state index contributed by atoms with van der Waals surface area (Å²) >= 11 is 0. The molecule has 0 unspecified atom stereocenters. The molecule has 2 aromatic rings. The van der Waals surface area contributed by atoms with Crippen molar-refractivity contribution in [1.82, 2.24) is 9.03 Å². The van der Waals surface area contributed by atoms with Crippen LogP contribution in [0.5, 0.6) is 0 Å². The number of ether oxygens (including phenoxy) is 1. The summed E-state index contributed by atoms with van der Waals surface area (Å²) in [4.78, 5) is 12.5. The predicted molar refractivity (Wildman–Crippen MR) is 98.7 cm³/mol. The number of hydrogen-bond donors (Lipinski definition) is 1. The molecule has 1 heterocycles. The van der Waals surface area contributed by atoms with Crippen LogP contribution in [0.4, 0.5) is 4.79 Å². The highest BCUT2D eigenvalue weighted by molar-refractivity contribution is 7.88. The maximum atomic E-state index is 12.8. The molecule has 1 aliphatic heterocycles. The minimum Gasteiger partial charge on any atom is -0.443 e. The van der Waals surface area contributed by atoms with E-state index in [1.54, 1.807) is 20.8 Å². The second kappa shape index (κ2) is 6.41. The van der Waals surface area contributed by atoms with Crippen LogP contribution >= 0.6 is 0 Å². The van der Waals surface area contributed by atoms with Gasteiger partial charge in [0.25, 0.3) is 0 Å². The lowest BCUT2D eigenvalue weighted by Gasteiger charge is -2.29. The third-order valence-corrected chi connectivity index (χ3v) is 5.57. The molecule has 0 radical (unpaired) electrons. The molecule has 1 aliphatic rings. The van der Waals surface area contributed by atoms with E-state index in [-0.39, 0.29) is 6.54 Å². The number of rotatable bonds is 2. The van der Waals surface area contributed by atoms with Crippen LogP contribution < -0.4 is 4.72 Å². The monoisotopic (exact) mass is 374 g/mol. The molecule has 0 aromatic heterocycles.